The first-order valence-corrected chi connectivity index (χ1v) is 6.35. The lowest BCUT2D eigenvalue weighted by atomic mass is 10.2. The van der Waals surface area contributed by atoms with Crippen LogP contribution in [0.2, 0.25) is 5.02 Å². The van der Waals surface area contributed by atoms with Gasteiger partial charge >= 0.3 is 11.9 Å². The summed E-state index contributed by atoms with van der Waals surface area (Å²) in [4.78, 5) is 22.1. The van der Waals surface area contributed by atoms with Gasteiger partial charge in [-0.3, -0.25) is 0 Å². The highest BCUT2D eigenvalue weighted by Gasteiger charge is 2.17. The third-order valence-corrected chi connectivity index (χ3v) is 2.53. The fourth-order valence-electron chi connectivity index (χ4n) is 1.42. The Morgan fingerprint density at radius 1 is 1.45 bits per heavy atom. The highest BCUT2D eigenvalue weighted by molar-refractivity contribution is 6.30. The summed E-state index contributed by atoms with van der Waals surface area (Å²) in [6.07, 6.45) is 1.52. The average Bonchev–Trinajstić information content (AvgIpc) is 2.39. The molecule has 1 atom stereocenters. The smallest absolute Gasteiger partial charge is 0.347 e. The number of halogens is 1. The molecule has 1 aromatic rings. The lowest BCUT2D eigenvalue weighted by Gasteiger charge is -2.15. The molecule has 108 valence electrons. The Morgan fingerprint density at radius 3 is 2.75 bits per heavy atom. The number of ether oxygens (including phenoxy) is 2. The zero-order valence-corrected chi connectivity index (χ0v) is 11.9. The lowest BCUT2D eigenvalue weighted by Crippen LogP contribution is -2.26. The van der Waals surface area contributed by atoms with Crippen molar-refractivity contribution in [2.75, 3.05) is 6.61 Å². The van der Waals surface area contributed by atoms with E-state index in [9.17, 15) is 9.59 Å². The van der Waals surface area contributed by atoms with Crippen molar-refractivity contribution in [1.29, 1.82) is 0 Å². The first kappa shape index (κ1) is 16.0. The largest absolute Gasteiger partial charge is 0.478 e. The molecule has 0 saturated carbocycles. The summed E-state index contributed by atoms with van der Waals surface area (Å²) in [5, 5.41) is 9.08. The number of esters is 1. The Balaban J connectivity index is 2.94. The monoisotopic (exact) mass is 298 g/mol. The summed E-state index contributed by atoms with van der Waals surface area (Å²) in [6, 6.07) is 4.71. The Labute approximate surface area is 121 Å². The maximum absolute atomic E-state index is 11.5. The van der Waals surface area contributed by atoms with Gasteiger partial charge in [-0.25, -0.2) is 9.59 Å². The third kappa shape index (κ3) is 4.93. The zero-order valence-electron chi connectivity index (χ0n) is 11.1. The molecule has 0 heterocycles. The molecule has 0 bridgehead atoms. The third-order valence-electron chi connectivity index (χ3n) is 2.30. The number of carboxylic acid groups (broad SMARTS) is 1. The van der Waals surface area contributed by atoms with Crippen LogP contribution in [0.4, 0.5) is 0 Å². The predicted octanol–water partition coefficient (Wildman–Crippen LogP) is 2.77. The first-order valence-electron chi connectivity index (χ1n) is 5.98. The molecular weight excluding hydrogens is 284 g/mol. The van der Waals surface area contributed by atoms with Crippen LogP contribution in [0.3, 0.4) is 0 Å². The molecule has 1 N–H and O–H groups in total. The van der Waals surface area contributed by atoms with Crippen molar-refractivity contribution in [3.05, 3.63) is 34.9 Å². The van der Waals surface area contributed by atoms with Crippen molar-refractivity contribution >= 4 is 29.6 Å². The molecule has 0 aromatic heterocycles. The second-order valence-corrected chi connectivity index (χ2v) is 4.30. The molecule has 0 fully saturated rings. The van der Waals surface area contributed by atoms with Gasteiger partial charge < -0.3 is 14.6 Å². The molecule has 0 aliphatic rings. The average molecular weight is 299 g/mol. The van der Waals surface area contributed by atoms with Gasteiger partial charge in [-0.1, -0.05) is 11.6 Å². The summed E-state index contributed by atoms with van der Waals surface area (Å²) in [7, 11) is 0. The quantitative estimate of drug-likeness (QED) is 0.646. The number of rotatable bonds is 6. The molecule has 0 aliphatic carbocycles. The second kappa shape index (κ2) is 7.55. The van der Waals surface area contributed by atoms with Crippen LogP contribution in [-0.4, -0.2) is 29.8 Å². The minimum Gasteiger partial charge on any atom is -0.478 e. The SMILES string of the molecule is CCOC(=O)C(C)Oc1ccc(Cl)cc1C=CC(=O)O. The molecular formula is C14H15ClO5. The summed E-state index contributed by atoms with van der Waals surface area (Å²) in [6.45, 7) is 3.52. The van der Waals surface area contributed by atoms with E-state index in [1.165, 1.54) is 6.08 Å². The normalized spacial score (nSPS) is 12.2. The van der Waals surface area contributed by atoms with Crippen LogP contribution in [0.5, 0.6) is 5.75 Å². The standard InChI is InChI=1S/C14H15ClO5/c1-3-19-14(18)9(2)20-12-6-5-11(15)8-10(12)4-7-13(16)17/h4-9H,3H2,1-2H3,(H,16,17). The highest BCUT2D eigenvalue weighted by Crippen LogP contribution is 2.25. The van der Waals surface area contributed by atoms with Crippen molar-refractivity contribution in [1.82, 2.24) is 0 Å². The minimum atomic E-state index is -1.09. The minimum absolute atomic E-state index is 0.263. The van der Waals surface area contributed by atoms with E-state index in [-0.39, 0.29) is 6.61 Å². The first-order chi connectivity index (χ1) is 9.43. The number of benzene rings is 1. The molecule has 1 rings (SSSR count). The van der Waals surface area contributed by atoms with E-state index in [0.29, 0.717) is 16.3 Å². The molecule has 1 aromatic carbocycles. The van der Waals surface area contributed by atoms with E-state index < -0.39 is 18.0 Å². The van der Waals surface area contributed by atoms with E-state index in [1.54, 1.807) is 32.0 Å². The van der Waals surface area contributed by atoms with Gasteiger partial charge in [0.25, 0.3) is 0 Å². The lowest BCUT2D eigenvalue weighted by molar-refractivity contribution is -0.150. The van der Waals surface area contributed by atoms with E-state index >= 15 is 0 Å². The summed E-state index contributed by atoms with van der Waals surface area (Å²) < 4.78 is 10.3. The number of hydrogen-bond acceptors (Lipinski definition) is 4. The van der Waals surface area contributed by atoms with Crippen molar-refractivity contribution in [3.8, 4) is 5.75 Å². The molecule has 6 heteroatoms. The molecule has 0 spiro atoms. The Hall–Kier alpha value is -2.01. The fraction of sp³-hybridized carbons (Fsp3) is 0.286. The van der Waals surface area contributed by atoms with Gasteiger partial charge in [0.15, 0.2) is 6.10 Å². The summed E-state index contributed by atoms with van der Waals surface area (Å²) in [5.74, 6) is -1.22. The zero-order chi connectivity index (χ0) is 15.1. The topological polar surface area (TPSA) is 72.8 Å². The van der Waals surface area contributed by atoms with E-state index in [0.717, 1.165) is 6.08 Å². The van der Waals surface area contributed by atoms with Crippen molar-refractivity contribution in [2.24, 2.45) is 0 Å². The van der Waals surface area contributed by atoms with E-state index in [2.05, 4.69) is 0 Å². The fourth-order valence-corrected chi connectivity index (χ4v) is 1.60. The highest BCUT2D eigenvalue weighted by atomic mass is 35.5. The molecule has 0 radical (unpaired) electrons. The molecule has 20 heavy (non-hydrogen) atoms. The van der Waals surface area contributed by atoms with Crippen molar-refractivity contribution in [2.45, 2.75) is 20.0 Å². The summed E-state index contributed by atoms with van der Waals surface area (Å²) >= 11 is 5.85. The molecule has 5 nitrogen and oxygen atoms in total. The van der Waals surface area contributed by atoms with Crippen LogP contribution >= 0.6 is 11.6 Å². The van der Waals surface area contributed by atoms with Crippen LogP contribution in [0.25, 0.3) is 6.08 Å². The maximum atomic E-state index is 11.5. The maximum Gasteiger partial charge on any atom is 0.347 e. The molecule has 0 saturated heterocycles. The number of carbonyl (C=O) groups excluding carboxylic acids is 1. The van der Waals surface area contributed by atoms with Crippen molar-refractivity contribution < 1.29 is 24.2 Å². The van der Waals surface area contributed by atoms with Gasteiger partial charge in [0.05, 0.1) is 6.61 Å². The predicted molar refractivity (Wildman–Crippen MR) is 74.8 cm³/mol. The molecule has 0 aliphatic heterocycles. The van der Waals surface area contributed by atoms with E-state index in [4.69, 9.17) is 26.2 Å². The van der Waals surface area contributed by atoms with Gasteiger partial charge in [0.1, 0.15) is 5.75 Å². The number of hydrogen-bond donors (Lipinski definition) is 1. The van der Waals surface area contributed by atoms with Gasteiger partial charge in [-0.2, -0.15) is 0 Å². The van der Waals surface area contributed by atoms with Crippen LogP contribution in [0, 0.1) is 0 Å². The number of aliphatic carboxylic acids is 1. The van der Waals surface area contributed by atoms with Crippen LogP contribution in [0.1, 0.15) is 19.4 Å². The van der Waals surface area contributed by atoms with Gasteiger partial charge in [-0.15, -0.1) is 0 Å². The van der Waals surface area contributed by atoms with Gasteiger partial charge in [-0.05, 0) is 38.1 Å². The van der Waals surface area contributed by atoms with Gasteiger partial charge in [0, 0.05) is 16.7 Å². The van der Waals surface area contributed by atoms with Crippen LogP contribution in [-0.2, 0) is 14.3 Å². The number of carboxylic acids is 1. The summed E-state index contributed by atoms with van der Waals surface area (Å²) in [5.41, 5.74) is 0.469. The van der Waals surface area contributed by atoms with Crippen LogP contribution < -0.4 is 4.74 Å². The van der Waals surface area contributed by atoms with Crippen LogP contribution in [0.15, 0.2) is 24.3 Å². The Kier molecular flexibility index (Phi) is 6.06. The Bertz CT molecular complexity index is 524. The van der Waals surface area contributed by atoms with Crippen molar-refractivity contribution in [3.63, 3.8) is 0 Å². The van der Waals surface area contributed by atoms with Gasteiger partial charge in [0.2, 0.25) is 0 Å². The molecule has 1 unspecified atom stereocenters. The van der Waals surface area contributed by atoms with E-state index in [1.807, 2.05) is 0 Å². The second-order valence-electron chi connectivity index (χ2n) is 3.87. The molecule has 0 amide bonds. The number of carbonyl (C=O) groups is 2. The Morgan fingerprint density at radius 2 is 2.15 bits per heavy atom.